The van der Waals surface area contributed by atoms with Gasteiger partial charge in [-0.15, -0.1) is 0 Å². The van der Waals surface area contributed by atoms with Gasteiger partial charge in [-0.2, -0.15) is 0 Å². The summed E-state index contributed by atoms with van der Waals surface area (Å²) in [4.78, 5) is 0. The van der Waals surface area contributed by atoms with Crippen molar-refractivity contribution in [2.24, 2.45) is 0 Å². The van der Waals surface area contributed by atoms with Crippen LogP contribution in [0.1, 0.15) is 30.0 Å². The van der Waals surface area contributed by atoms with Crippen LogP contribution in [0.2, 0.25) is 0 Å². The van der Waals surface area contributed by atoms with Gasteiger partial charge in [0.15, 0.2) is 0 Å². The Labute approximate surface area is 135 Å². The van der Waals surface area contributed by atoms with Crippen LogP contribution >= 0.6 is 15.9 Å². The van der Waals surface area contributed by atoms with E-state index in [1.807, 2.05) is 6.07 Å². The Morgan fingerprint density at radius 1 is 1.10 bits per heavy atom. The van der Waals surface area contributed by atoms with E-state index in [1.54, 1.807) is 0 Å². The highest BCUT2D eigenvalue weighted by atomic mass is 79.9. The van der Waals surface area contributed by atoms with Gasteiger partial charge in [0.05, 0.1) is 0 Å². The van der Waals surface area contributed by atoms with Crippen molar-refractivity contribution in [1.29, 1.82) is 0 Å². The van der Waals surface area contributed by atoms with Crippen LogP contribution in [0.15, 0.2) is 40.9 Å². The third-order valence-electron chi connectivity index (χ3n) is 3.39. The number of rotatable bonds is 6. The second-order valence-electron chi connectivity index (χ2n) is 5.25. The van der Waals surface area contributed by atoms with E-state index in [0.29, 0.717) is 0 Å². The first-order valence-corrected chi connectivity index (χ1v) is 8.14. The lowest BCUT2D eigenvalue weighted by Crippen LogP contribution is -2.14. The third-order valence-corrected chi connectivity index (χ3v) is 3.89. The first-order chi connectivity index (χ1) is 10.1. The van der Waals surface area contributed by atoms with E-state index in [9.17, 15) is 0 Å². The van der Waals surface area contributed by atoms with E-state index in [2.05, 4.69) is 72.3 Å². The van der Waals surface area contributed by atoms with Crippen molar-refractivity contribution in [2.45, 2.75) is 33.7 Å². The fraction of sp³-hybridized carbons (Fsp3) is 0.333. The highest BCUT2D eigenvalue weighted by Crippen LogP contribution is 2.32. The highest BCUT2D eigenvalue weighted by Gasteiger charge is 2.09. The van der Waals surface area contributed by atoms with Crippen molar-refractivity contribution in [3.05, 3.63) is 57.6 Å². The summed E-state index contributed by atoms with van der Waals surface area (Å²) in [6.07, 6.45) is 1.13. The average molecular weight is 348 g/mol. The van der Waals surface area contributed by atoms with Gasteiger partial charge in [-0.1, -0.05) is 47.1 Å². The highest BCUT2D eigenvalue weighted by molar-refractivity contribution is 9.10. The van der Waals surface area contributed by atoms with Crippen LogP contribution in [0, 0.1) is 13.8 Å². The van der Waals surface area contributed by atoms with Crippen LogP contribution < -0.4 is 10.1 Å². The van der Waals surface area contributed by atoms with Crippen molar-refractivity contribution in [2.75, 3.05) is 6.54 Å². The zero-order chi connectivity index (χ0) is 15.2. The van der Waals surface area contributed by atoms with Gasteiger partial charge in [-0.25, -0.2) is 0 Å². The molecule has 0 amide bonds. The Morgan fingerprint density at radius 2 is 1.81 bits per heavy atom. The fourth-order valence-corrected chi connectivity index (χ4v) is 2.58. The van der Waals surface area contributed by atoms with Gasteiger partial charge in [0, 0.05) is 16.6 Å². The van der Waals surface area contributed by atoms with Gasteiger partial charge in [-0.05, 0) is 50.1 Å². The summed E-state index contributed by atoms with van der Waals surface area (Å²) in [5.41, 5.74) is 3.49. The topological polar surface area (TPSA) is 21.3 Å². The fourth-order valence-electron chi connectivity index (χ4n) is 2.24. The Bertz CT molecular complexity index is 590. The first-order valence-electron chi connectivity index (χ1n) is 7.35. The molecule has 3 heteroatoms. The van der Waals surface area contributed by atoms with Crippen molar-refractivity contribution >= 4 is 15.9 Å². The number of hydrogen-bond acceptors (Lipinski definition) is 2. The number of benzene rings is 2. The molecule has 0 radical (unpaired) electrons. The van der Waals surface area contributed by atoms with Gasteiger partial charge in [0.25, 0.3) is 0 Å². The van der Waals surface area contributed by atoms with Crippen LogP contribution in [-0.4, -0.2) is 6.54 Å². The molecule has 0 aliphatic rings. The average Bonchev–Trinajstić information content (AvgIpc) is 2.45. The molecule has 0 fully saturated rings. The molecule has 0 aromatic heterocycles. The molecule has 0 spiro atoms. The number of nitrogens with one attached hydrogen (secondary N) is 1. The minimum Gasteiger partial charge on any atom is -0.456 e. The van der Waals surface area contributed by atoms with Gasteiger partial charge in [0.2, 0.25) is 0 Å². The standard InChI is InChI=1S/C18H22BrNO/c1-4-10-20-12-15-8-9-16(19)11-17(15)21-18-13(2)6-5-7-14(18)3/h5-9,11,20H,4,10,12H2,1-3H3. The molecule has 2 aromatic carbocycles. The molecule has 0 bridgehead atoms. The van der Waals surface area contributed by atoms with E-state index in [-0.39, 0.29) is 0 Å². The summed E-state index contributed by atoms with van der Waals surface area (Å²) in [5.74, 6) is 1.86. The molecule has 0 unspecified atom stereocenters. The summed E-state index contributed by atoms with van der Waals surface area (Å²) < 4.78 is 7.24. The first kappa shape index (κ1) is 16.1. The summed E-state index contributed by atoms with van der Waals surface area (Å²) in [6.45, 7) is 8.16. The molecule has 2 rings (SSSR count). The lowest BCUT2D eigenvalue weighted by molar-refractivity contribution is 0.465. The van der Waals surface area contributed by atoms with Crippen molar-refractivity contribution in [3.63, 3.8) is 0 Å². The lowest BCUT2D eigenvalue weighted by atomic mass is 10.1. The van der Waals surface area contributed by atoms with Gasteiger partial charge in [0.1, 0.15) is 11.5 Å². The Kier molecular flexibility index (Phi) is 5.83. The predicted molar refractivity (Wildman–Crippen MR) is 92.1 cm³/mol. The smallest absolute Gasteiger partial charge is 0.133 e. The number of halogens is 1. The van der Waals surface area contributed by atoms with Crippen molar-refractivity contribution < 1.29 is 4.74 Å². The number of aryl methyl sites for hydroxylation is 2. The second kappa shape index (κ2) is 7.62. The third kappa shape index (κ3) is 4.32. The van der Waals surface area contributed by atoms with Gasteiger partial charge >= 0.3 is 0 Å². The normalized spacial score (nSPS) is 10.7. The molecule has 0 saturated heterocycles. The Morgan fingerprint density at radius 3 is 2.48 bits per heavy atom. The molecule has 112 valence electrons. The van der Waals surface area contributed by atoms with Crippen molar-refractivity contribution in [1.82, 2.24) is 5.32 Å². The summed E-state index contributed by atoms with van der Waals surface area (Å²) in [7, 11) is 0. The van der Waals surface area contributed by atoms with E-state index < -0.39 is 0 Å². The Balaban J connectivity index is 2.27. The van der Waals surface area contributed by atoms with Crippen molar-refractivity contribution in [3.8, 4) is 11.5 Å². The van der Waals surface area contributed by atoms with E-state index in [4.69, 9.17) is 4.74 Å². The Hall–Kier alpha value is -1.32. The zero-order valence-electron chi connectivity index (χ0n) is 12.9. The lowest BCUT2D eigenvalue weighted by Gasteiger charge is -2.15. The molecule has 0 saturated carbocycles. The monoisotopic (exact) mass is 347 g/mol. The van der Waals surface area contributed by atoms with E-state index in [1.165, 1.54) is 5.56 Å². The van der Waals surface area contributed by atoms with Crippen LogP contribution in [-0.2, 0) is 6.54 Å². The zero-order valence-corrected chi connectivity index (χ0v) is 14.5. The molecule has 1 N–H and O–H groups in total. The molecule has 2 aromatic rings. The van der Waals surface area contributed by atoms with E-state index >= 15 is 0 Å². The summed E-state index contributed by atoms with van der Waals surface area (Å²) in [5, 5.41) is 3.43. The summed E-state index contributed by atoms with van der Waals surface area (Å²) >= 11 is 3.53. The van der Waals surface area contributed by atoms with Crippen LogP contribution in [0.3, 0.4) is 0 Å². The van der Waals surface area contributed by atoms with Crippen LogP contribution in [0.25, 0.3) is 0 Å². The molecule has 2 nitrogen and oxygen atoms in total. The van der Waals surface area contributed by atoms with Gasteiger partial charge < -0.3 is 10.1 Å². The maximum atomic E-state index is 6.21. The number of ether oxygens (including phenoxy) is 1. The maximum absolute atomic E-state index is 6.21. The minimum atomic E-state index is 0.821. The molecule has 0 heterocycles. The van der Waals surface area contributed by atoms with Crippen LogP contribution in [0.4, 0.5) is 0 Å². The molecule has 21 heavy (non-hydrogen) atoms. The predicted octanol–water partition coefficient (Wildman–Crippen LogP) is 5.36. The number of hydrogen-bond donors (Lipinski definition) is 1. The van der Waals surface area contributed by atoms with E-state index in [0.717, 1.165) is 46.6 Å². The van der Waals surface area contributed by atoms with Crippen LogP contribution in [0.5, 0.6) is 11.5 Å². The van der Waals surface area contributed by atoms with Gasteiger partial charge in [-0.3, -0.25) is 0 Å². The second-order valence-corrected chi connectivity index (χ2v) is 6.17. The maximum Gasteiger partial charge on any atom is 0.133 e. The molecular formula is C18H22BrNO. The minimum absolute atomic E-state index is 0.821. The molecule has 0 atom stereocenters. The summed E-state index contributed by atoms with van der Waals surface area (Å²) in [6, 6.07) is 12.4. The number of para-hydroxylation sites is 1. The SMILES string of the molecule is CCCNCc1ccc(Br)cc1Oc1c(C)cccc1C. The molecular weight excluding hydrogens is 326 g/mol. The largest absolute Gasteiger partial charge is 0.456 e. The quantitative estimate of drug-likeness (QED) is 0.710. The molecule has 0 aliphatic heterocycles. The molecule has 0 aliphatic carbocycles.